The van der Waals surface area contributed by atoms with Gasteiger partial charge < -0.3 is 27.0 Å². The third-order valence-electron chi connectivity index (χ3n) is 6.05. The number of hydrogen-bond acceptors (Lipinski definition) is 10. The van der Waals surface area contributed by atoms with E-state index in [-0.39, 0.29) is 51.3 Å². The van der Waals surface area contributed by atoms with Gasteiger partial charge in [-0.2, -0.15) is 0 Å². The zero-order valence-corrected chi connectivity index (χ0v) is 23.3. The molecule has 218 valence electrons. The van der Waals surface area contributed by atoms with Crippen LogP contribution < -0.4 is 33.5 Å². The Bertz CT molecular complexity index is 1600. The molecule has 1 amide bonds. The minimum atomic E-state index is -1.09. The molecule has 0 aliphatic heterocycles. The van der Waals surface area contributed by atoms with Gasteiger partial charge in [-0.15, -0.1) is 0 Å². The Balaban J connectivity index is 2.04. The number of aromatic hydroxyl groups is 1. The molecule has 1 aromatic heterocycles. The average Bonchev–Trinajstić information content (AvgIpc) is 2.97. The number of aromatic carboxylic acids is 1. The number of allylic oxidation sites excluding steroid dienone is 3. The van der Waals surface area contributed by atoms with Crippen molar-refractivity contribution in [1.29, 1.82) is 0 Å². The number of hydrogen-bond donors (Lipinski definition) is 7. The monoisotopic (exact) mass is 570 g/mol. The van der Waals surface area contributed by atoms with Gasteiger partial charge in [0.1, 0.15) is 5.75 Å². The molecule has 3 rings (SSSR count). The Labute approximate surface area is 243 Å². The molecule has 11 N–H and O–H groups in total. The van der Waals surface area contributed by atoms with Crippen molar-refractivity contribution in [1.82, 2.24) is 15.3 Å². The van der Waals surface area contributed by atoms with E-state index in [1.165, 1.54) is 41.7 Å². The molecular weight excluding hydrogens is 536 g/mol. The molecule has 0 unspecified atom stereocenters. The Morgan fingerprint density at radius 2 is 1.64 bits per heavy atom. The normalized spacial score (nSPS) is 12.0. The minimum Gasteiger partial charge on any atom is -0.505 e. The zero-order chi connectivity index (χ0) is 31.0. The van der Waals surface area contributed by atoms with Crippen LogP contribution >= 0.6 is 0 Å². The maximum atomic E-state index is 12.7. The number of amides is 1. The van der Waals surface area contributed by atoms with Crippen molar-refractivity contribution in [2.45, 2.75) is 13.8 Å². The summed E-state index contributed by atoms with van der Waals surface area (Å²) in [5, 5.41) is 25.5. The van der Waals surface area contributed by atoms with E-state index in [1.54, 1.807) is 56.3 Å². The first kappa shape index (κ1) is 30.9. The fourth-order valence-corrected chi connectivity index (χ4v) is 3.87. The van der Waals surface area contributed by atoms with Crippen LogP contribution in [0, 0.1) is 0 Å². The molecule has 42 heavy (non-hydrogen) atoms. The van der Waals surface area contributed by atoms with Gasteiger partial charge in [0.2, 0.25) is 0 Å². The lowest BCUT2D eigenvalue weighted by Crippen LogP contribution is -2.27. The second kappa shape index (κ2) is 13.7. The van der Waals surface area contributed by atoms with Gasteiger partial charge in [0.05, 0.1) is 34.0 Å². The van der Waals surface area contributed by atoms with Crippen LogP contribution in [0.3, 0.4) is 0 Å². The number of nitrogens with zero attached hydrogens (tertiary/aromatic N) is 3. The topological polar surface area (TPSA) is 210 Å². The van der Waals surface area contributed by atoms with Crippen LogP contribution in [-0.4, -0.2) is 38.6 Å². The van der Waals surface area contributed by atoms with Crippen molar-refractivity contribution in [2.75, 3.05) is 11.6 Å². The smallest absolute Gasteiger partial charge is 0.335 e. The van der Waals surface area contributed by atoms with E-state index < -0.39 is 5.97 Å². The van der Waals surface area contributed by atoms with Gasteiger partial charge >= 0.3 is 5.97 Å². The molecule has 1 heterocycles. The summed E-state index contributed by atoms with van der Waals surface area (Å²) in [6, 6.07) is 14.0. The van der Waals surface area contributed by atoms with Crippen molar-refractivity contribution < 1.29 is 19.8 Å². The first-order valence-electron chi connectivity index (χ1n) is 12.7. The molecule has 0 bridgehead atoms. The first-order valence-corrected chi connectivity index (χ1v) is 12.7. The molecule has 0 fully saturated rings. The first-order chi connectivity index (χ1) is 20.0. The SMILES string of the molecule is C=C/C=C(\C)N(N)/C=C(\N)c1cc(C(=O)NCC)cc(/C(N)=C/N(N)c2cccc(-c3cccc(C(=O)O)c3)c2O)n1. The van der Waals surface area contributed by atoms with Crippen molar-refractivity contribution in [3.8, 4) is 16.9 Å². The number of anilines is 1. The Morgan fingerprint density at radius 3 is 2.26 bits per heavy atom. The number of benzene rings is 2. The van der Waals surface area contributed by atoms with Crippen LogP contribution in [0.1, 0.15) is 46.0 Å². The Hall–Kier alpha value is -5.59. The van der Waals surface area contributed by atoms with Gasteiger partial charge in [0.25, 0.3) is 5.91 Å². The number of nitrogens with one attached hydrogen (secondary N) is 1. The predicted molar refractivity (Wildman–Crippen MR) is 164 cm³/mol. The molecule has 12 nitrogen and oxygen atoms in total. The fraction of sp³-hybridized carbons (Fsp3) is 0.100. The molecular formula is C30H34N8O4. The van der Waals surface area contributed by atoms with Gasteiger partial charge in [0.15, 0.2) is 0 Å². The quantitative estimate of drug-likeness (QED) is 0.101. The lowest BCUT2D eigenvalue weighted by Gasteiger charge is -2.19. The van der Waals surface area contributed by atoms with Gasteiger partial charge in [-0.25, -0.2) is 21.5 Å². The van der Waals surface area contributed by atoms with E-state index in [0.717, 1.165) is 5.01 Å². The third kappa shape index (κ3) is 7.33. The standard InChI is InChI=1S/C30H34N8O4/c1-4-8-18(3)37(33)16-23(31)25-14-21(29(40)35-5-2)15-26(36-25)24(32)17-38(34)27-12-7-11-22(28(27)39)19-9-6-10-20(13-19)30(41)42/h4,6-17,39H,1,5,31-34H2,2-3H3,(H,35,40)(H,41,42)/b18-8+,23-16-,24-17-. The second-order valence-electron chi connectivity index (χ2n) is 9.07. The molecule has 0 spiro atoms. The molecule has 0 saturated carbocycles. The molecule has 2 aromatic carbocycles. The number of pyridine rings is 1. The van der Waals surface area contributed by atoms with E-state index in [2.05, 4.69) is 16.9 Å². The summed E-state index contributed by atoms with van der Waals surface area (Å²) in [4.78, 5) is 28.6. The molecule has 0 saturated heterocycles. The summed E-state index contributed by atoms with van der Waals surface area (Å²) >= 11 is 0. The summed E-state index contributed by atoms with van der Waals surface area (Å²) in [5.74, 6) is 10.7. The van der Waals surface area contributed by atoms with E-state index in [0.29, 0.717) is 23.4 Å². The number of hydrazine groups is 2. The average molecular weight is 571 g/mol. The number of carboxylic acids is 1. The van der Waals surface area contributed by atoms with Crippen LogP contribution in [0.15, 0.2) is 91.4 Å². The van der Waals surface area contributed by atoms with Gasteiger partial charge in [0, 0.05) is 35.8 Å². The van der Waals surface area contributed by atoms with E-state index >= 15 is 0 Å². The highest BCUT2D eigenvalue weighted by Gasteiger charge is 2.16. The fourth-order valence-electron chi connectivity index (χ4n) is 3.87. The summed E-state index contributed by atoms with van der Waals surface area (Å²) in [6.07, 6.45) is 6.04. The van der Waals surface area contributed by atoms with Crippen molar-refractivity contribution in [3.05, 3.63) is 114 Å². The van der Waals surface area contributed by atoms with E-state index in [9.17, 15) is 19.8 Å². The largest absolute Gasteiger partial charge is 0.505 e. The highest BCUT2D eigenvalue weighted by atomic mass is 16.4. The summed E-state index contributed by atoms with van der Waals surface area (Å²) in [6.45, 7) is 7.59. The zero-order valence-electron chi connectivity index (χ0n) is 23.3. The van der Waals surface area contributed by atoms with Crippen LogP contribution in [0.25, 0.3) is 22.5 Å². The molecule has 0 aliphatic carbocycles. The molecule has 0 atom stereocenters. The third-order valence-corrected chi connectivity index (χ3v) is 6.05. The Morgan fingerprint density at radius 1 is 1.00 bits per heavy atom. The Kier molecular flexibility index (Phi) is 10.1. The number of carbonyl (C=O) groups excluding carboxylic acids is 1. The van der Waals surface area contributed by atoms with Gasteiger partial charge in [-0.1, -0.05) is 36.9 Å². The van der Waals surface area contributed by atoms with E-state index in [1.807, 2.05) is 0 Å². The van der Waals surface area contributed by atoms with Gasteiger partial charge in [-0.3, -0.25) is 14.8 Å². The molecule has 3 aromatic rings. The maximum Gasteiger partial charge on any atom is 0.335 e. The van der Waals surface area contributed by atoms with Gasteiger partial charge in [-0.05, 0) is 55.8 Å². The summed E-state index contributed by atoms with van der Waals surface area (Å²) in [7, 11) is 0. The number of rotatable bonds is 11. The number of phenols is 1. The van der Waals surface area contributed by atoms with Crippen molar-refractivity contribution >= 4 is 29.0 Å². The maximum absolute atomic E-state index is 12.7. The predicted octanol–water partition coefficient (Wildman–Crippen LogP) is 3.06. The number of carboxylic acid groups (broad SMARTS) is 1. The minimum absolute atomic E-state index is 0.0581. The van der Waals surface area contributed by atoms with Crippen LogP contribution in [0.2, 0.25) is 0 Å². The van der Waals surface area contributed by atoms with Crippen LogP contribution in [0.4, 0.5) is 5.69 Å². The molecule has 12 heteroatoms. The molecule has 0 radical (unpaired) electrons. The van der Waals surface area contributed by atoms with Crippen LogP contribution in [0.5, 0.6) is 5.75 Å². The van der Waals surface area contributed by atoms with Crippen LogP contribution in [-0.2, 0) is 0 Å². The van der Waals surface area contributed by atoms with Crippen molar-refractivity contribution in [2.24, 2.45) is 23.2 Å². The molecule has 0 aliphatic rings. The van der Waals surface area contributed by atoms with Crippen molar-refractivity contribution in [3.63, 3.8) is 0 Å². The number of nitrogens with two attached hydrogens (primary N) is 4. The number of carbonyl (C=O) groups is 2. The van der Waals surface area contributed by atoms with E-state index in [4.69, 9.17) is 23.2 Å². The number of para-hydroxylation sites is 1. The summed E-state index contributed by atoms with van der Waals surface area (Å²) < 4.78 is 0. The lowest BCUT2D eigenvalue weighted by atomic mass is 10.0. The summed E-state index contributed by atoms with van der Waals surface area (Å²) in [5.41, 5.74) is 15.3. The lowest BCUT2D eigenvalue weighted by molar-refractivity contribution is 0.0696. The highest BCUT2D eigenvalue weighted by Crippen LogP contribution is 2.37. The number of aromatic nitrogens is 1. The number of phenolic OH excluding ortho intramolecular Hbond substituents is 1. The second-order valence-corrected chi connectivity index (χ2v) is 9.07. The highest BCUT2D eigenvalue weighted by molar-refractivity contribution is 5.95.